The summed E-state index contributed by atoms with van der Waals surface area (Å²) >= 11 is 1.97. The van der Waals surface area contributed by atoms with Crippen LogP contribution in [0.15, 0.2) is 12.1 Å². The zero-order chi connectivity index (χ0) is 13.2. The van der Waals surface area contributed by atoms with Gasteiger partial charge in [0.25, 0.3) is 0 Å². The highest BCUT2D eigenvalue weighted by Crippen LogP contribution is 2.43. The van der Waals surface area contributed by atoms with E-state index >= 15 is 0 Å². The van der Waals surface area contributed by atoms with Gasteiger partial charge in [-0.15, -0.1) is 11.3 Å². The second-order valence-electron chi connectivity index (χ2n) is 6.49. The van der Waals surface area contributed by atoms with Gasteiger partial charge in [-0.2, -0.15) is 0 Å². The predicted octanol–water partition coefficient (Wildman–Crippen LogP) is 4.92. The van der Waals surface area contributed by atoms with Crippen LogP contribution in [0.5, 0.6) is 0 Å². The summed E-state index contributed by atoms with van der Waals surface area (Å²) in [4.78, 5) is 2.98. The van der Waals surface area contributed by atoms with E-state index < -0.39 is 0 Å². The van der Waals surface area contributed by atoms with Gasteiger partial charge in [0.1, 0.15) is 0 Å². The van der Waals surface area contributed by atoms with E-state index in [1.807, 2.05) is 11.3 Å². The van der Waals surface area contributed by atoms with Gasteiger partial charge in [0.05, 0.1) is 0 Å². The molecule has 18 heavy (non-hydrogen) atoms. The Kier molecular flexibility index (Phi) is 4.50. The minimum absolute atomic E-state index is 0.568. The Balaban J connectivity index is 2.07. The lowest BCUT2D eigenvalue weighted by Gasteiger charge is -2.38. The van der Waals surface area contributed by atoms with E-state index in [1.54, 1.807) is 4.88 Å². The van der Waals surface area contributed by atoms with Crippen molar-refractivity contribution >= 4 is 11.3 Å². The first kappa shape index (κ1) is 14.1. The van der Waals surface area contributed by atoms with Crippen molar-refractivity contribution in [3.05, 3.63) is 21.9 Å². The summed E-state index contributed by atoms with van der Waals surface area (Å²) in [5.74, 6) is 0.830. The fourth-order valence-electron chi connectivity index (χ4n) is 3.09. The zero-order valence-corrected chi connectivity index (χ0v) is 13.1. The molecule has 0 bridgehead atoms. The molecule has 1 fully saturated rings. The maximum Gasteiger partial charge on any atom is 0.0443 e. The maximum atomic E-state index is 3.72. The van der Waals surface area contributed by atoms with E-state index in [0.29, 0.717) is 11.5 Å². The number of nitrogens with one attached hydrogen (secondary N) is 1. The molecule has 0 amide bonds. The molecular weight excluding hydrogens is 238 g/mol. The van der Waals surface area contributed by atoms with Crippen molar-refractivity contribution in [3.63, 3.8) is 0 Å². The molecule has 1 aliphatic rings. The van der Waals surface area contributed by atoms with Gasteiger partial charge in [-0.3, -0.25) is 0 Å². The quantitative estimate of drug-likeness (QED) is 0.814. The highest BCUT2D eigenvalue weighted by atomic mass is 32.1. The van der Waals surface area contributed by atoms with Gasteiger partial charge in [-0.25, -0.2) is 0 Å². The fraction of sp³-hybridized carbons (Fsp3) is 0.750. The van der Waals surface area contributed by atoms with Crippen LogP contribution in [0, 0.1) is 18.3 Å². The summed E-state index contributed by atoms with van der Waals surface area (Å²) < 4.78 is 0. The lowest BCUT2D eigenvalue weighted by atomic mass is 9.71. The number of aryl methyl sites for hydroxylation is 1. The van der Waals surface area contributed by atoms with E-state index in [1.165, 1.54) is 30.6 Å². The minimum atomic E-state index is 0.568. The number of hydrogen-bond donors (Lipinski definition) is 1. The molecule has 1 N–H and O–H groups in total. The second kappa shape index (κ2) is 5.75. The standard InChI is InChI=1S/C16H27NS/c1-5-17-15(14-7-6-12(2)18-14)13-8-10-16(3,4)11-9-13/h6-7,13,15,17H,5,8-11H2,1-4H3. The topological polar surface area (TPSA) is 12.0 Å². The maximum absolute atomic E-state index is 3.72. The third kappa shape index (κ3) is 3.36. The van der Waals surface area contributed by atoms with Crippen LogP contribution >= 0.6 is 11.3 Å². The van der Waals surface area contributed by atoms with Crippen LogP contribution < -0.4 is 5.32 Å². The Bertz CT molecular complexity index is 370. The normalized spacial score (nSPS) is 22.0. The Labute approximate surface area is 116 Å². The van der Waals surface area contributed by atoms with E-state index in [9.17, 15) is 0 Å². The minimum Gasteiger partial charge on any atom is -0.309 e. The lowest BCUT2D eigenvalue weighted by molar-refractivity contribution is 0.163. The molecule has 1 nitrogen and oxygen atoms in total. The van der Waals surface area contributed by atoms with Gasteiger partial charge < -0.3 is 5.32 Å². The van der Waals surface area contributed by atoms with Crippen molar-refractivity contribution in [2.45, 2.75) is 59.4 Å². The molecule has 0 saturated heterocycles. The highest BCUT2D eigenvalue weighted by molar-refractivity contribution is 7.12. The molecule has 1 unspecified atom stereocenters. The Hall–Kier alpha value is -0.340. The third-order valence-electron chi connectivity index (χ3n) is 4.35. The molecular formula is C16H27NS. The van der Waals surface area contributed by atoms with E-state index in [-0.39, 0.29) is 0 Å². The van der Waals surface area contributed by atoms with Crippen LogP contribution in [0.25, 0.3) is 0 Å². The van der Waals surface area contributed by atoms with Crippen molar-refractivity contribution in [1.82, 2.24) is 5.32 Å². The molecule has 2 heteroatoms. The lowest BCUT2D eigenvalue weighted by Crippen LogP contribution is -2.32. The molecule has 1 heterocycles. The van der Waals surface area contributed by atoms with Crippen molar-refractivity contribution in [2.24, 2.45) is 11.3 Å². The van der Waals surface area contributed by atoms with Gasteiger partial charge >= 0.3 is 0 Å². The van der Waals surface area contributed by atoms with Crippen LogP contribution in [0.1, 0.15) is 62.3 Å². The average Bonchev–Trinajstić information content (AvgIpc) is 2.73. The molecule has 1 aromatic rings. The van der Waals surface area contributed by atoms with Crippen LogP contribution in [0.4, 0.5) is 0 Å². The average molecular weight is 265 g/mol. The van der Waals surface area contributed by atoms with Gasteiger partial charge in [0, 0.05) is 15.8 Å². The molecule has 0 radical (unpaired) electrons. The molecule has 1 atom stereocenters. The van der Waals surface area contributed by atoms with Crippen molar-refractivity contribution in [1.29, 1.82) is 0 Å². The molecule has 0 aromatic carbocycles. The van der Waals surface area contributed by atoms with Gasteiger partial charge in [0.15, 0.2) is 0 Å². The summed E-state index contributed by atoms with van der Waals surface area (Å²) in [5.41, 5.74) is 0.568. The Morgan fingerprint density at radius 3 is 2.50 bits per heavy atom. The SMILES string of the molecule is CCNC(c1ccc(C)s1)C1CCC(C)(C)CC1. The molecule has 102 valence electrons. The second-order valence-corrected chi connectivity index (χ2v) is 7.80. The Morgan fingerprint density at radius 1 is 1.33 bits per heavy atom. The summed E-state index contributed by atoms with van der Waals surface area (Å²) in [6.45, 7) is 10.3. The largest absolute Gasteiger partial charge is 0.309 e. The van der Waals surface area contributed by atoms with Crippen LogP contribution in [-0.2, 0) is 0 Å². The molecule has 1 aromatic heterocycles. The molecule has 0 aliphatic heterocycles. The summed E-state index contributed by atoms with van der Waals surface area (Å²) in [7, 11) is 0. The van der Waals surface area contributed by atoms with Gasteiger partial charge in [-0.05, 0) is 62.6 Å². The summed E-state index contributed by atoms with van der Waals surface area (Å²) in [6, 6.07) is 5.18. The summed E-state index contributed by atoms with van der Waals surface area (Å²) in [5, 5.41) is 3.72. The van der Waals surface area contributed by atoms with Crippen LogP contribution in [-0.4, -0.2) is 6.54 Å². The van der Waals surface area contributed by atoms with E-state index in [4.69, 9.17) is 0 Å². The number of thiophene rings is 1. The predicted molar refractivity (Wildman–Crippen MR) is 81.2 cm³/mol. The van der Waals surface area contributed by atoms with Crippen molar-refractivity contribution < 1.29 is 0 Å². The number of hydrogen-bond acceptors (Lipinski definition) is 2. The Morgan fingerprint density at radius 2 is 2.00 bits per heavy atom. The third-order valence-corrected chi connectivity index (χ3v) is 5.43. The molecule has 1 aliphatic carbocycles. The first-order valence-electron chi connectivity index (χ1n) is 7.31. The van der Waals surface area contributed by atoms with Crippen molar-refractivity contribution in [3.8, 4) is 0 Å². The molecule has 2 rings (SSSR count). The first-order chi connectivity index (χ1) is 8.52. The van der Waals surface area contributed by atoms with E-state index in [0.717, 1.165) is 12.5 Å². The smallest absolute Gasteiger partial charge is 0.0443 e. The summed E-state index contributed by atoms with van der Waals surface area (Å²) in [6.07, 6.45) is 5.51. The van der Waals surface area contributed by atoms with Crippen LogP contribution in [0.2, 0.25) is 0 Å². The first-order valence-corrected chi connectivity index (χ1v) is 8.13. The fourth-order valence-corrected chi connectivity index (χ4v) is 4.14. The number of rotatable bonds is 4. The molecule has 0 spiro atoms. The monoisotopic (exact) mass is 265 g/mol. The van der Waals surface area contributed by atoms with Gasteiger partial charge in [0.2, 0.25) is 0 Å². The van der Waals surface area contributed by atoms with E-state index in [2.05, 4.69) is 45.1 Å². The van der Waals surface area contributed by atoms with Gasteiger partial charge in [-0.1, -0.05) is 20.8 Å². The molecule has 1 saturated carbocycles. The highest BCUT2D eigenvalue weighted by Gasteiger charge is 2.32. The van der Waals surface area contributed by atoms with Crippen molar-refractivity contribution in [2.75, 3.05) is 6.54 Å². The zero-order valence-electron chi connectivity index (χ0n) is 12.3. The van der Waals surface area contributed by atoms with Crippen LogP contribution in [0.3, 0.4) is 0 Å².